The first-order valence-electron chi connectivity index (χ1n) is 6.11. The van der Waals surface area contributed by atoms with Crippen LogP contribution in [-0.2, 0) is 10.0 Å². The lowest BCUT2D eigenvalue weighted by Crippen LogP contribution is -2.48. The summed E-state index contributed by atoms with van der Waals surface area (Å²) in [5, 5.41) is 9.21. The van der Waals surface area contributed by atoms with Crippen molar-refractivity contribution in [2.75, 3.05) is 0 Å². The van der Waals surface area contributed by atoms with E-state index in [1.165, 1.54) is 16.4 Å². The molecular formula is C13H14BrFN2O2S. The molecule has 0 heterocycles. The molecule has 2 rings (SSSR count). The van der Waals surface area contributed by atoms with Crippen molar-refractivity contribution in [3.05, 3.63) is 28.5 Å². The van der Waals surface area contributed by atoms with Gasteiger partial charge in [-0.15, -0.1) is 0 Å². The van der Waals surface area contributed by atoms with Crippen molar-refractivity contribution >= 4 is 26.0 Å². The van der Waals surface area contributed by atoms with Crippen LogP contribution >= 0.6 is 15.9 Å². The molecule has 4 nitrogen and oxygen atoms in total. The van der Waals surface area contributed by atoms with Gasteiger partial charge in [0.05, 0.1) is 15.4 Å². The molecule has 1 aromatic rings. The average molecular weight is 361 g/mol. The lowest BCUT2D eigenvalue weighted by Gasteiger charge is -2.32. The molecule has 1 aliphatic carbocycles. The van der Waals surface area contributed by atoms with E-state index in [2.05, 4.69) is 15.9 Å². The second-order valence-electron chi connectivity index (χ2n) is 5.28. The lowest BCUT2D eigenvalue weighted by atomic mass is 10.1. The summed E-state index contributed by atoms with van der Waals surface area (Å²) in [5.41, 5.74) is -1.16. The molecule has 0 aliphatic heterocycles. The Morgan fingerprint density at radius 3 is 2.50 bits per heavy atom. The van der Waals surface area contributed by atoms with Gasteiger partial charge < -0.3 is 0 Å². The van der Waals surface area contributed by atoms with Crippen LogP contribution in [0.4, 0.5) is 4.39 Å². The van der Waals surface area contributed by atoms with Crippen LogP contribution in [0.2, 0.25) is 0 Å². The second-order valence-corrected chi connectivity index (χ2v) is 7.95. The van der Waals surface area contributed by atoms with Gasteiger partial charge in [0.15, 0.2) is 0 Å². The number of nitriles is 1. The molecule has 1 saturated carbocycles. The number of halogens is 2. The quantitative estimate of drug-likeness (QED) is 0.828. The zero-order valence-corrected chi connectivity index (χ0v) is 13.5. The molecule has 20 heavy (non-hydrogen) atoms. The van der Waals surface area contributed by atoms with Gasteiger partial charge in [0.1, 0.15) is 11.4 Å². The molecule has 1 aliphatic rings. The normalized spacial score (nSPS) is 16.2. The third-order valence-corrected chi connectivity index (χ3v) is 5.92. The van der Waals surface area contributed by atoms with Crippen LogP contribution < -0.4 is 0 Å². The number of rotatable bonds is 4. The summed E-state index contributed by atoms with van der Waals surface area (Å²) in [5.74, 6) is -0.642. The van der Waals surface area contributed by atoms with Gasteiger partial charge in [-0.05, 0) is 60.8 Å². The predicted octanol–water partition coefficient (Wildman–Crippen LogP) is 3.04. The highest BCUT2D eigenvalue weighted by molar-refractivity contribution is 9.10. The number of nitrogens with zero attached hydrogens (tertiary/aromatic N) is 2. The smallest absolute Gasteiger partial charge is 0.207 e. The number of hydrogen-bond acceptors (Lipinski definition) is 3. The Morgan fingerprint density at radius 2 is 2.05 bits per heavy atom. The van der Waals surface area contributed by atoms with Crippen molar-refractivity contribution in [3.8, 4) is 6.07 Å². The average Bonchev–Trinajstić information content (AvgIpc) is 3.16. The van der Waals surface area contributed by atoms with E-state index < -0.39 is 21.4 Å². The van der Waals surface area contributed by atoms with Crippen LogP contribution in [0.3, 0.4) is 0 Å². The molecule has 0 saturated heterocycles. The first-order valence-corrected chi connectivity index (χ1v) is 8.34. The number of hydrogen-bond donors (Lipinski definition) is 0. The fourth-order valence-corrected chi connectivity index (χ4v) is 4.27. The van der Waals surface area contributed by atoms with Crippen LogP contribution in [0.25, 0.3) is 0 Å². The maximum Gasteiger partial charge on any atom is 0.244 e. The SMILES string of the molecule is CC(C)(C#N)N(C1CC1)S(=O)(=O)c1ccc(Br)c(F)c1. The fraction of sp³-hybridized carbons (Fsp3) is 0.462. The van der Waals surface area contributed by atoms with E-state index in [0.29, 0.717) is 0 Å². The molecule has 0 radical (unpaired) electrons. The minimum absolute atomic E-state index is 0.131. The number of benzene rings is 1. The highest BCUT2D eigenvalue weighted by Crippen LogP contribution is 2.38. The van der Waals surface area contributed by atoms with E-state index in [-0.39, 0.29) is 15.4 Å². The Hall–Kier alpha value is -0.970. The molecule has 0 bridgehead atoms. The van der Waals surface area contributed by atoms with E-state index in [0.717, 1.165) is 18.9 Å². The third-order valence-electron chi connectivity index (χ3n) is 3.15. The van der Waals surface area contributed by atoms with Gasteiger partial charge in [0, 0.05) is 6.04 Å². The van der Waals surface area contributed by atoms with Gasteiger partial charge in [-0.25, -0.2) is 12.8 Å². The van der Waals surface area contributed by atoms with Gasteiger partial charge in [-0.2, -0.15) is 9.57 Å². The highest BCUT2D eigenvalue weighted by atomic mass is 79.9. The van der Waals surface area contributed by atoms with E-state index in [1.807, 2.05) is 6.07 Å². The van der Waals surface area contributed by atoms with Crippen molar-refractivity contribution in [1.82, 2.24) is 4.31 Å². The van der Waals surface area contributed by atoms with Crippen molar-refractivity contribution < 1.29 is 12.8 Å². The highest BCUT2D eigenvalue weighted by Gasteiger charge is 2.47. The van der Waals surface area contributed by atoms with Crippen molar-refractivity contribution in [1.29, 1.82) is 5.26 Å². The monoisotopic (exact) mass is 360 g/mol. The summed E-state index contributed by atoms with van der Waals surface area (Å²) in [4.78, 5) is -0.131. The fourth-order valence-electron chi connectivity index (χ4n) is 2.06. The van der Waals surface area contributed by atoms with Crippen molar-refractivity contribution in [2.45, 2.75) is 43.2 Å². The molecule has 0 atom stereocenters. The Labute approximate surface area is 126 Å². The first kappa shape index (κ1) is 15.4. The Balaban J connectivity index is 2.52. The second kappa shape index (κ2) is 5.10. The molecule has 0 amide bonds. The van der Waals surface area contributed by atoms with Crippen LogP contribution in [-0.4, -0.2) is 24.3 Å². The standard InChI is InChI=1S/C13H14BrFN2O2S/c1-13(2,8-16)17(9-3-4-9)20(18,19)10-5-6-11(14)12(15)7-10/h5-7,9H,3-4H2,1-2H3. The van der Waals surface area contributed by atoms with Crippen LogP contribution in [0, 0.1) is 17.1 Å². The molecule has 0 N–H and O–H groups in total. The molecule has 0 spiro atoms. The summed E-state index contributed by atoms with van der Waals surface area (Å²) in [6.45, 7) is 3.11. The Kier molecular flexibility index (Phi) is 3.93. The van der Waals surface area contributed by atoms with Gasteiger partial charge in [-0.1, -0.05) is 0 Å². The molecular weight excluding hydrogens is 347 g/mol. The van der Waals surface area contributed by atoms with Crippen LogP contribution in [0.5, 0.6) is 0 Å². The molecule has 7 heteroatoms. The van der Waals surface area contributed by atoms with Crippen LogP contribution in [0.1, 0.15) is 26.7 Å². The van der Waals surface area contributed by atoms with Crippen molar-refractivity contribution in [2.24, 2.45) is 0 Å². The Bertz CT molecular complexity index is 678. The van der Waals surface area contributed by atoms with Crippen molar-refractivity contribution in [3.63, 3.8) is 0 Å². The molecule has 1 aromatic carbocycles. The minimum Gasteiger partial charge on any atom is -0.207 e. The van der Waals surface area contributed by atoms with Gasteiger partial charge in [0.2, 0.25) is 10.0 Å². The maximum atomic E-state index is 13.6. The molecule has 0 unspecified atom stereocenters. The Morgan fingerprint density at radius 1 is 1.45 bits per heavy atom. The zero-order valence-electron chi connectivity index (χ0n) is 11.1. The summed E-state index contributed by atoms with van der Waals surface area (Å²) in [6, 6.07) is 5.50. The molecule has 108 valence electrons. The largest absolute Gasteiger partial charge is 0.244 e. The maximum absolute atomic E-state index is 13.6. The van der Waals surface area contributed by atoms with E-state index in [9.17, 15) is 18.1 Å². The third kappa shape index (κ3) is 2.73. The van der Waals surface area contributed by atoms with E-state index >= 15 is 0 Å². The van der Waals surface area contributed by atoms with E-state index in [4.69, 9.17) is 0 Å². The first-order chi connectivity index (χ1) is 9.20. The number of sulfonamides is 1. The molecule has 1 fully saturated rings. The van der Waals surface area contributed by atoms with Gasteiger partial charge >= 0.3 is 0 Å². The summed E-state index contributed by atoms with van der Waals surface area (Å²) < 4.78 is 40.3. The predicted molar refractivity (Wildman–Crippen MR) is 75.8 cm³/mol. The van der Waals surface area contributed by atoms with Gasteiger partial charge in [0.25, 0.3) is 0 Å². The lowest BCUT2D eigenvalue weighted by molar-refractivity contribution is 0.280. The minimum atomic E-state index is -3.90. The summed E-state index contributed by atoms with van der Waals surface area (Å²) in [6.07, 6.45) is 1.45. The van der Waals surface area contributed by atoms with Crippen LogP contribution in [0.15, 0.2) is 27.6 Å². The van der Waals surface area contributed by atoms with E-state index in [1.54, 1.807) is 13.8 Å². The molecule has 0 aromatic heterocycles. The van der Waals surface area contributed by atoms with Gasteiger partial charge in [-0.3, -0.25) is 0 Å². The summed E-state index contributed by atoms with van der Waals surface area (Å²) in [7, 11) is -3.90. The topological polar surface area (TPSA) is 61.2 Å². The zero-order chi connectivity index (χ0) is 15.1. The summed E-state index contributed by atoms with van der Waals surface area (Å²) >= 11 is 2.99.